The van der Waals surface area contributed by atoms with E-state index >= 15 is 0 Å². The van der Waals surface area contributed by atoms with Crippen LogP contribution in [0.2, 0.25) is 0 Å². The van der Waals surface area contributed by atoms with Crippen molar-refractivity contribution in [3.63, 3.8) is 0 Å². The third-order valence-electron chi connectivity index (χ3n) is 3.85. The van der Waals surface area contributed by atoms with Crippen molar-refractivity contribution in [3.05, 3.63) is 41.5 Å². The largest absolute Gasteiger partial charge is 0.493 e. The first-order chi connectivity index (χ1) is 9.88. The van der Waals surface area contributed by atoms with Gasteiger partial charge in [-0.15, -0.1) is 0 Å². The van der Waals surface area contributed by atoms with E-state index in [1.54, 1.807) is 0 Å². The molecule has 1 N–H and O–H groups in total. The molecule has 1 saturated carbocycles. The standard InChI is InChI=1S/C15H17N3O2/c1-2-4-13-10(3-1)7-11(9-19-13)15-17-14(20-18-15)8-16-12-5-6-12/h1-4,11-12,16H,5-9H2. The molecule has 2 aromatic rings. The summed E-state index contributed by atoms with van der Waals surface area (Å²) in [5.41, 5.74) is 1.21. The van der Waals surface area contributed by atoms with Gasteiger partial charge >= 0.3 is 0 Å². The Balaban J connectivity index is 1.45. The molecule has 104 valence electrons. The molecule has 1 unspecified atom stereocenters. The third-order valence-corrected chi connectivity index (χ3v) is 3.85. The average molecular weight is 271 g/mol. The van der Waals surface area contributed by atoms with Crippen LogP contribution in [0.1, 0.15) is 36.0 Å². The molecule has 1 fully saturated rings. The lowest BCUT2D eigenvalue weighted by atomic mass is 9.96. The fraction of sp³-hybridized carbons (Fsp3) is 0.467. The molecule has 5 heteroatoms. The molecule has 0 spiro atoms. The summed E-state index contributed by atoms with van der Waals surface area (Å²) in [6.07, 6.45) is 3.42. The molecule has 1 aliphatic heterocycles. The molecule has 1 aromatic heterocycles. The number of hydrogen-bond acceptors (Lipinski definition) is 5. The van der Waals surface area contributed by atoms with Crippen LogP contribution in [0.5, 0.6) is 5.75 Å². The van der Waals surface area contributed by atoms with Gasteiger partial charge in [-0.3, -0.25) is 0 Å². The molecule has 2 aliphatic rings. The Labute approximate surface area is 117 Å². The highest BCUT2D eigenvalue weighted by atomic mass is 16.5. The van der Waals surface area contributed by atoms with Crippen molar-refractivity contribution in [1.29, 1.82) is 0 Å². The van der Waals surface area contributed by atoms with Crippen molar-refractivity contribution in [1.82, 2.24) is 15.5 Å². The van der Waals surface area contributed by atoms with Crippen LogP contribution < -0.4 is 10.1 Å². The SMILES string of the molecule is c1ccc2c(c1)CC(c1noc(CNC3CC3)n1)CO2. The molecule has 0 bridgehead atoms. The Kier molecular flexibility index (Phi) is 2.92. The minimum Gasteiger partial charge on any atom is -0.493 e. The number of para-hydroxylation sites is 1. The highest BCUT2D eigenvalue weighted by molar-refractivity contribution is 5.36. The quantitative estimate of drug-likeness (QED) is 0.922. The smallest absolute Gasteiger partial charge is 0.240 e. The number of nitrogens with one attached hydrogen (secondary N) is 1. The lowest BCUT2D eigenvalue weighted by Gasteiger charge is -2.22. The Hall–Kier alpha value is -1.88. The van der Waals surface area contributed by atoms with Crippen LogP contribution in [0, 0.1) is 0 Å². The van der Waals surface area contributed by atoms with Crippen LogP contribution in [0.3, 0.4) is 0 Å². The van der Waals surface area contributed by atoms with Gasteiger partial charge in [0.05, 0.1) is 19.1 Å². The van der Waals surface area contributed by atoms with Crippen LogP contribution in [0.4, 0.5) is 0 Å². The molecular formula is C15H17N3O2. The van der Waals surface area contributed by atoms with E-state index in [0.717, 1.165) is 18.0 Å². The highest BCUT2D eigenvalue weighted by Gasteiger charge is 2.26. The molecule has 20 heavy (non-hydrogen) atoms. The van der Waals surface area contributed by atoms with Crippen molar-refractivity contribution >= 4 is 0 Å². The Morgan fingerprint density at radius 3 is 3.05 bits per heavy atom. The van der Waals surface area contributed by atoms with Crippen LogP contribution in [0.15, 0.2) is 28.8 Å². The lowest BCUT2D eigenvalue weighted by Crippen LogP contribution is -2.20. The molecule has 0 saturated heterocycles. The van der Waals surface area contributed by atoms with Crippen LogP contribution >= 0.6 is 0 Å². The summed E-state index contributed by atoms with van der Waals surface area (Å²) in [4.78, 5) is 4.49. The van der Waals surface area contributed by atoms with E-state index in [2.05, 4.69) is 21.5 Å². The van der Waals surface area contributed by atoms with Crippen molar-refractivity contribution in [2.75, 3.05) is 6.61 Å². The van der Waals surface area contributed by atoms with Gasteiger partial charge in [0.25, 0.3) is 0 Å². The maximum Gasteiger partial charge on any atom is 0.240 e. The molecule has 5 nitrogen and oxygen atoms in total. The van der Waals surface area contributed by atoms with Gasteiger partial charge in [-0.25, -0.2) is 0 Å². The van der Waals surface area contributed by atoms with Gasteiger partial charge in [0.15, 0.2) is 5.82 Å². The van der Waals surface area contributed by atoms with Crippen LogP contribution in [-0.4, -0.2) is 22.8 Å². The summed E-state index contributed by atoms with van der Waals surface area (Å²) in [6.45, 7) is 1.29. The predicted octanol–water partition coefficient (Wildman–Crippen LogP) is 2.04. The Bertz CT molecular complexity index is 607. The zero-order valence-electron chi connectivity index (χ0n) is 11.2. The normalized spacial score (nSPS) is 21.3. The second-order valence-corrected chi connectivity index (χ2v) is 5.52. The Morgan fingerprint density at radius 2 is 2.15 bits per heavy atom. The summed E-state index contributed by atoms with van der Waals surface area (Å²) in [5, 5.41) is 7.48. The summed E-state index contributed by atoms with van der Waals surface area (Å²) in [7, 11) is 0. The van der Waals surface area contributed by atoms with Gasteiger partial charge < -0.3 is 14.6 Å². The minimum atomic E-state index is 0.184. The van der Waals surface area contributed by atoms with Gasteiger partial charge in [-0.2, -0.15) is 4.98 Å². The van der Waals surface area contributed by atoms with Crippen LogP contribution in [-0.2, 0) is 13.0 Å². The number of aromatic nitrogens is 2. The zero-order chi connectivity index (χ0) is 13.4. The van der Waals surface area contributed by atoms with E-state index in [1.807, 2.05) is 18.2 Å². The fourth-order valence-corrected chi connectivity index (χ4v) is 2.52. The van der Waals surface area contributed by atoms with E-state index < -0.39 is 0 Å². The van der Waals surface area contributed by atoms with Crippen molar-refractivity contribution in [2.24, 2.45) is 0 Å². The Morgan fingerprint density at radius 1 is 1.25 bits per heavy atom. The van der Waals surface area contributed by atoms with Gasteiger partial charge in [0.2, 0.25) is 5.89 Å². The number of fused-ring (bicyclic) bond motifs is 1. The molecule has 0 amide bonds. The first-order valence-corrected chi connectivity index (χ1v) is 7.15. The van der Waals surface area contributed by atoms with E-state index in [9.17, 15) is 0 Å². The predicted molar refractivity (Wildman–Crippen MR) is 72.5 cm³/mol. The first kappa shape index (κ1) is 11.9. The topological polar surface area (TPSA) is 60.2 Å². The van der Waals surface area contributed by atoms with Gasteiger partial charge in [-0.1, -0.05) is 23.4 Å². The second-order valence-electron chi connectivity index (χ2n) is 5.52. The number of benzene rings is 1. The number of nitrogens with zero attached hydrogens (tertiary/aromatic N) is 2. The molecular weight excluding hydrogens is 254 g/mol. The molecule has 1 aromatic carbocycles. The molecule has 0 radical (unpaired) electrons. The fourth-order valence-electron chi connectivity index (χ4n) is 2.52. The van der Waals surface area contributed by atoms with Gasteiger partial charge in [-0.05, 0) is 30.9 Å². The molecule has 2 heterocycles. The van der Waals surface area contributed by atoms with Gasteiger partial charge in [0.1, 0.15) is 5.75 Å². The van der Waals surface area contributed by atoms with E-state index in [-0.39, 0.29) is 5.92 Å². The lowest BCUT2D eigenvalue weighted by molar-refractivity contribution is 0.253. The molecule has 1 aliphatic carbocycles. The average Bonchev–Trinajstić information content (AvgIpc) is 3.21. The van der Waals surface area contributed by atoms with E-state index in [4.69, 9.17) is 9.26 Å². The maximum absolute atomic E-state index is 5.77. The minimum absolute atomic E-state index is 0.184. The summed E-state index contributed by atoms with van der Waals surface area (Å²) in [6, 6.07) is 8.78. The summed E-state index contributed by atoms with van der Waals surface area (Å²) >= 11 is 0. The maximum atomic E-state index is 5.77. The summed E-state index contributed by atoms with van der Waals surface area (Å²) < 4.78 is 11.1. The number of rotatable bonds is 4. The van der Waals surface area contributed by atoms with Crippen molar-refractivity contribution < 1.29 is 9.26 Å². The van der Waals surface area contributed by atoms with Crippen LogP contribution in [0.25, 0.3) is 0 Å². The number of hydrogen-bond donors (Lipinski definition) is 1. The monoisotopic (exact) mass is 271 g/mol. The first-order valence-electron chi connectivity index (χ1n) is 7.15. The highest BCUT2D eigenvalue weighted by Crippen LogP contribution is 2.31. The van der Waals surface area contributed by atoms with Crippen molar-refractivity contribution in [2.45, 2.75) is 37.8 Å². The van der Waals surface area contributed by atoms with Crippen molar-refractivity contribution in [3.8, 4) is 5.75 Å². The number of ether oxygens (including phenoxy) is 1. The zero-order valence-corrected chi connectivity index (χ0v) is 11.2. The summed E-state index contributed by atoms with van der Waals surface area (Å²) in [5.74, 6) is 2.59. The molecule has 1 atom stereocenters. The van der Waals surface area contributed by atoms with Gasteiger partial charge in [0, 0.05) is 6.04 Å². The van der Waals surface area contributed by atoms with E-state index in [0.29, 0.717) is 25.1 Å². The molecule has 4 rings (SSSR count). The third kappa shape index (κ3) is 2.41. The second kappa shape index (κ2) is 4.90. The van der Waals surface area contributed by atoms with E-state index in [1.165, 1.54) is 18.4 Å².